The first-order valence-electron chi connectivity index (χ1n) is 18.9. The van der Waals surface area contributed by atoms with Gasteiger partial charge < -0.3 is 0 Å². The van der Waals surface area contributed by atoms with Crippen LogP contribution in [0.4, 0.5) is 0 Å². The molecule has 4 heterocycles. The van der Waals surface area contributed by atoms with Crippen LogP contribution >= 0.6 is 0 Å². The van der Waals surface area contributed by atoms with Gasteiger partial charge in [-0.3, -0.25) is 8.97 Å². The van der Waals surface area contributed by atoms with Crippen molar-refractivity contribution in [3.05, 3.63) is 175 Å². The van der Waals surface area contributed by atoms with E-state index in [0.717, 1.165) is 66.3 Å². The van der Waals surface area contributed by atoms with Gasteiger partial charge in [0.15, 0.2) is 5.65 Å². The van der Waals surface area contributed by atoms with E-state index >= 15 is 0 Å². The van der Waals surface area contributed by atoms with Crippen LogP contribution in [-0.2, 0) is 5.41 Å². The van der Waals surface area contributed by atoms with Crippen molar-refractivity contribution < 1.29 is 0 Å². The highest BCUT2D eigenvalue weighted by Gasteiger charge is 2.35. The van der Waals surface area contributed by atoms with Gasteiger partial charge in [-0.25, -0.2) is 15.0 Å². The molecule has 4 aromatic heterocycles. The average Bonchev–Trinajstić information content (AvgIpc) is 3.85. The normalized spacial score (nSPS) is 13.4. The Kier molecular flexibility index (Phi) is 6.05. The number of nitrogens with zero attached hydrogens (tertiary/aromatic N) is 5. The van der Waals surface area contributed by atoms with Gasteiger partial charge in [0.25, 0.3) is 0 Å². The van der Waals surface area contributed by atoms with E-state index in [4.69, 9.17) is 15.0 Å². The van der Waals surface area contributed by atoms with Crippen molar-refractivity contribution >= 4 is 60.3 Å². The van der Waals surface area contributed by atoms with Crippen molar-refractivity contribution in [1.29, 1.82) is 0 Å². The number of aromatic nitrogens is 5. The molecule has 1 aliphatic carbocycles. The van der Waals surface area contributed by atoms with Gasteiger partial charge in [-0.1, -0.05) is 147 Å². The molecule has 0 amide bonds. The van der Waals surface area contributed by atoms with E-state index < -0.39 is 0 Å². The van der Waals surface area contributed by atoms with Crippen LogP contribution in [0.15, 0.2) is 164 Å². The van der Waals surface area contributed by atoms with Crippen LogP contribution in [0.1, 0.15) is 25.0 Å². The maximum Gasteiger partial charge on any atom is 0.237 e. The fourth-order valence-electron chi connectivity index (χ4n) is 9.31. The molecule has 0 spiro atoms. The van der Waals surface area contributed by atoms with E-state index in [1.54, 1.807) is 0 Å². The minimum atomic E-state index is -0.0940. The molecule has 0 atom stereocenters. The Morgan fingerprint density at radius 2 is 1.11 bits per heavy atom. The summed E-state index contributed by atoms with van der Waals surface area (Å²) in [7, 11) is 0. The van der Waals surface area contributed by atoms with Crippen molar-refractivity contribution in [2.45, 2.75) is 19.3 Å². The standard InChI is InChI=1S/C50H33N5/c1-50(2)40-21-11-8-17-34(40)35-26-24-31(28-41(35)50)32-25-27-39-44(29-32)55(49-51-42-22-12-9-20-38(42)45(52-49)30-14-4-3-5-15-30)48-46(39)54-43-23-13-10-18-36(43)33-16-6-7-19-37(33)47(54)53-48/h3-29H,1-2H3. The molecule has 0 saturated heterocycles. The third kappa shape index (κ3) is 4.15. The van der Waals surface area contributed by atoms with Gasteiger partial charge in [-0.15, -0.1) is 0 Å². The predicted octanol–water partition coefficient (Wildman–Crippen LogP) is 12.3. The lowest BCUT2D eigenvalue weighted by Gasteiger charge is -2.22. The summed E-state index contributed by atoms with van der Waals surface area (Å²) in [4.78, 5) is 16.2. The minimum absolute atomic E-state index is 0.0940. The molecule has 0 bridgehead atoms. The summed E-state index contributed by atoms with van der Waals surface area (Å²) >= 11 is 0. The Morgan fingerprint density at radius 3 is 1.98 bits per heavy atom. The van der Waals surface area contributed by atoms with Gasteiger partial charge in [0.05, 0.1) is 22.2 Å². The Balaban J connectivity index is 1.19. The third-order valence-corrected chi connectivity index (χ3v) is 11.9. The number of fused-ring (bicyclic) bond motifs is 14. The average molecular weight is 704 g/mol. The van der Waals surface area contributed by atoms with Crippen LogP contribution in [0.25, 0.3) is 99.8 Å². The number of hydrogen-bond donors (Lipinski definition) is 0. The van der Waals surface area contributed by atoms with E-state index in [-0.39, 0.29) is 5.41 Å². The van der Waals surface area contributed by atoms with Crippen molar-refractivity contribution in [2.75, 3.05) is 0 Å². The molecular formula is C50H33N5. The van der Waals surface area contributed by atoms with Gasteiger partial charge in [-0.05, 0) is 69.1 Å². The van der Waals surface area contributed by atoms with Gasteiger partial charge in [0, 0.05) is 32.5 Å². The summed E-state index contributed by atoms with van der Waals surface area (Å²) in [5.41, 5.74) is 15.3. The van der Waals surface area contributed by atoms with Crippen molar-refractivity contribution in [2.24, 2.45) is 0 Å². The molecule has 258 valence electrons. The van der Waals surface area contributed by atoms with Crippen molar-refractivity contribution in [1.82, 2.24) is 23.9 Å². The summed E-state index contributed by atoms with van der Waals surface area (Å²) in [5.74, 6) is 0.595. The molecule has 55 heavy (non-hydrogen) atoms. The van der Waals surface area contributed by atoms with E-state index in [0.29, 0.717) is 5.95 Å². The second-order valence-corrected chi connectivity index (χ2v) is 15.3. The topological polar surface area (TPSA) is 48.0 Å². The number of benzene rings is 7. The van der Waals surface area contributed by atoms with E-state index in [9.17, 15) is 0 Å². The van der Waals surface area contributed by atoms with Crippen molar-refractivity contribution in [3.63, 3.8) is 0 Å². The van der Waals surface area contributed by atoms with Gasteiger partial charge >= 0.3 is 0 Å². The Morgan fingerprint density at radius 1 is 0.436 bits per heavy atom. The fraction of sp³-hybridized carbons (Fsp3) is 0.0600. The molecular weight excluding hydrogens is 671 g/mol. The quantitative estimate of drug-likeness (QED) is 0.172. The maximum atomic E-state index is 5.53. The van der Waals surface area contributed by atoms with Crippen LogP contribution in [-0.4, -0.2) is 23.9 Å². The van der Waals surface area contributed by atoms with E-state index in [1.807, 2.05) is 12.1 Å². The fourth-order valence-corrected chi connectivity index (χ4v) is 9.31. The van der Waals surface area contributed by atoms with Crippen LogP contribution in [0, 0.1) is 0 Å². The number of rotatable bonds is 3. The molecule has 11 aromatic rings. The van der Waals surface area contributed by atoms with Crippen LogP contribution in [0.5, 0.6) is 0 Å². The summed E-state index contributed by atoms with van der Waals surface area (Å²) in [6.45, 7) is 4.68. The molecule has 0 unspecified atom stereocenters. The first-order valence-corrected chi connectivity index (χ1v) is 18.9. The number of pyridine rings is 1. The molecule has 5 nitrogen and oxygen atoms in total. The van der Waals surface area contributed by atoms with Gasteiger partial charge in [0.1, 0.15) is 11.2 Å². The molecule has 0 fully saturated rings. The first kappa shape index (κ1) is 30.4. The lowest BCUT2D eigenvalue weighted by molar-refractivity contribution is 0.660. The highest BCUT2D eigenvalue weighted by Crippen LogP contribution is 2.50. The molecule has 0 aliphatic heterocycles. The zero-order chi connectivity index (χ0) is 36.4. The molecule has 0 N–H and O–H groups in total. The lowest BCUT2D eigenvalue weighted by atomic mass is 9.81. The van der Waals surface area contributed by atoms with Crippen molar-refractivity contribution in [3.8, 4) is 39.5 Å². The number of hydrogen-bond acceptors (Lipinski definition) is 3. The molecule has 0 saturated carbocycles. The van der Waals surface area contributed by atoms with E-state index in [1.165, 1.54) is 38.6 Å². The summed E-state index contributed by atoms with van der Waals surface area (Å²) in [5, 5.41) is 5.60. The van der Waals surface area contributed by atoms with Gasteiger partial charge in [0.2, 0.25) is 5.95 Å². The van der Waals surface area contributed by atoms with Crippen LogP contribution in [0.3, 0.4) is 0 Å². The Labute approximate surface area is 316 Å². The van der Waals surface area contributed by atoms with Crippen LogP contribution < -0.4 is 0 Å². The Hall–Kier alpha value is -7.11. The molecule has 0 radical (unpaired) electrons. The predicted molar refractivity (Wildman–Crippen MR) is 226 cm³/mol. The summed E-state index contributed by atoms with van der Waals surface area (Å²) < 4.78 is 4.54. The second-order valence-electron chi connectivity index (χ2n) is 15.3. The zero-order valence-corrected chi connectivity index (χ0v) is 30.3. The molecule has 1 aliphatic rings. The number of para-hydroxylation sites is 2. The largest absolute Gasteiger partial charge is 0.289 e. The van der Waals surface area contributed by atoms with Crippen LogP contribution in [0.2, 0.25) is 0 Å². The molecule has 12 rings (SSSR count). The van der Waals surface area contributed by atoms with E-state index in [2.05, 4.69) is 174 Å². The Bertz CT molecular complexity index is 3400. The smallest absolute Gasteiger partial charge is 0.237 e. The SMILES string of the molecule is CC1(C)c2ccccc2-c2ccc(-c3ccc4c(c3)n(-c3nc(-c5ccccc5)c5ccccc5n3)c3nc5c6ccccc6c6ccccc6n5c43)cc21. The molecule has 5 heteroatoms. The third-order valence-electron chi connectivity index (χ3n) is 11.9. The highest BCUT2D eigenvalue weighted by molar-refractivity contribution is 6.17. The molecule has 7 aromatic carbocycles. The van der Waals surface area contributed by atoms with Gasteiger partial charge in [-0.2, -0.15) is 0 Å². The minimum Gasteiger partial charge on any atom is -0.289 e. The first-order chi connectivity index (χ1) is 27.0. The maximum absolute atomic E-state index is 5.53. The summed E-state index contributed by atoms with van der Waals surface area (Å²) in [6.07, 6.45) is 0. The second kappa shape index (κ2) is 11.0. The monoisotopic (exact) mass is 703 g/mol. The summed E-state index contributed by atoms with van der Waals surface area (Å²) in [6, 6.07) is 58.6. The highest BCUT2D eigenvalue weighted by atomic mass is 15.2. The lowest BCUT2D eigenvalue weighted by Crippen LogP contribution is -2.14. The number of imidazole rings is 1. The zero-order valence-electron chi connectivity index (χ0n) is 30.3.